The maximum absolute atomic E-state index is 13.9. The Kier molecular flexibility index (Phi) is 7.52. The smallest absolute Gasteiger partial charge is 0.336 e. The lowest BCUT2D eigenvalue weighted by molar-refractivity contribution is 0.0705. The molecule has 10 heteroatoms. The van der Waals surface area contributed by atoms with Gasteiger partial charge in [-0.3, -0.25) is 14.6 Å². The van der Waals surface area contributed by atoms with Crippen molar-refractivity contribution >= 4 is 11.9 Å². The Morgan fingerprint density at radius 2 is 1.40 bits per heavy atom. The first-order chi connectivity index (χ1) is 20.5. The highest BCUT2D eigenvalue weighted by molar-refractivity contribution is 5.92. The van der Waals surface area contributed by atoms with E-state index < -0.39 is 5.91 Å². The predicted molar refractivity (Wildman–Crippen MR) is 159 cm³/mol. The number of aromatic hydroxyl groups is 1. The van der Waals surface area contributed by atoms with E-state index in [1.54, 1.807) is 10.0 Å². The van der Waals surface area contributed by atoms with Crippen LogP contribution in [-0.4, -0.2) is 48.4 Å². The van der Waals surface area contributed by atoms with E-state index in [2.05, 4.69) is 9.97 Å². The lowest BCUT2D eigenvalue weighted by atomic mass is 9.96. The molecule has 1 saturated heterocycles. The van der Waals surface area contributed by atoms with Crippen molar-refractivity contribution < 1.29 is 15.1 Å². The van der Waals surface area contributed by atoms with Crippen LogP contribution in [0, 0.1) is 5.92 Å². The molecule has 42 heavy (non-hydrogen) atoms. The number of imidazole rings is 1. The number of rotatable bonds is 7. The molecule has 3 heterocycles. The Balaban J connectivity index is 1.26. The summed E-state index contributed by atoms with van der Waals surface area (Å²) in [5.41, 5.74) is 5.42. The van der Waals surface area contributed by atoms with Crippen LogP contribution in [0.3, 0.4) is 0 Å². The molecule has 10 nitrogen and oxygen atoms in total. The first-order valence-corrected chi connectivity index (χ1v) is 13.8. The van der Waals surface area contributed by atoms with Crippen molar-refractivity contribution in [3.05, 3.63) is 113 Å². The third-order valence-corrected chi connectivity index (χ3v) is 7.74. The third kappa shape index (κ3) is 5.27. The fourth-order valence-electron chi connectivity index (χ4n) is 5.49. The van der Waals surface area contributed by atoms with Gasteiger partial charge in [0.05, 0.1) is 11.3 Å². The van der Waals surface area contributed by atoms with Gasteiger partial charge >= 0.3 is 5.69 Å². The highest BCUT2D eigenvalue weighted by Gasteiger charge is 2.27. The molecule has 1 aliphatic rings. The van der Waals surface area contributed by atoms with Gasteiger partial charge in [0.15, 0.2) is 0 Å². The zero-order chi connectivity index (χ0) is 29.1. The fraction of sp³-hybridized carbons (Fsp3) is 0.188. The number of piperidine rings is 1. The van der Waals surface area contributed by atoms with Crippen LogP contribution in [0.1, 0.15) is 23.2 Å². The van der Waals surface area contributed by atoms with Crippen LogP contribution >= 0.6 is 0 Å². The molecule has 0 atom stereocenters. The second-order valence-corrected chi connectivity index (χ2v) is 10.3. The number of benzene rings is 3. The number of hydrogen-bond acceptors (Lipinski definition) is 7. The van der Waals surface area contributed by atoms with Crippen LogP contribution in [0.25, 0.3) is 28.1 Å². The van der Waals surface area contributed by atoms with Crippen LogP contribution < -0.4 is 16.1 Å². The van der Waals surface area contributed by atoms with Crippen molar-refractivity contribution in [2.24, 2.45) is 5.92 Å². The van der Waals surface area contributed by atoms with Crippen molar-refractivity contribution in [2.75, 3.05) is 18.0 Å². The second-order valence-electron chi connectivity index (χ2n) is 10.3. The van der Waals surface area contributed by atoms with Gasteiger partial charge in [-0.15, -0.1) is 0 Å². The van der Waals surface area contributed by atoms with Gasteiger partial charge in [0.2, 0.25) is 11.8 Å². The predicted octanol–water partition coefficient (Wildman–Crippen LogP) is 4.50. The average molecular weight is 563 g/mol. The van der Waals surface area contributed by atoms with Crippen LogP contribution in [0.15, 0.2) is 102 Å². The van der Waals surface area contributed by atoms with Crippen LogP contribution in [-0.2, 0) is 6.54 Å². The van der Waals surface area contributed by atoms with Crippen molar-refractivity contribution in [2.45, 2.75) is 19.4 Å². The lowest BCUT2D eigenvalue weighted by Gasteiger charge is -2.32. The van der Waals surface area contributed by atoms with Gasteiger partial charge in [-0.05, 0) is 42.0 Å². The number of nitrogens with one attached hydrogen (secondary N) is 1. The molecule has 3 aromatic carbocycles. The number of carbonyl (C=O) groups excluding carboxylic acids is 1. The molecule has 2 aromatic heterocycles. The summed E-state index contributed by atoms with van der Waals surface area (Å²) in [6.07, 6.45) is 4.34. The summed E-state index contributed by atoms with van der Waals surface area (Å²) >= 11 is 0. The van der Waals surface area contributed by atoms with Crippen molar-refractivity contribution in [3.8, 4) is 34.0 Å². The van der Waals surface area contributed by atoms with Gasteiger partial charge in [0.1, 0.15) is 5.69 Å². The van der Waals surface area contributed by atoms with Crippen molar-refractivity contribution in [1.82, 2.24) is 24.6 Å². The molecule has 1 amide bonds. The van der Waals surface area contributed by atoms with Gasteiger partial charge in [-0.2, -0.15) is 0 Å². The van der Waals surface area contributed by atoms with Crippen molar-refractivity contribution in [3.63, 3.8) is 0 Å². The Labute approximate surface area is 242 Å². The molecule has 0 radical (unpaired) electrons. The van der Waals surface area contributed by atoms with Gasteiger partial charge in [-0.1, -0.05) is 72.8 Å². The Hall–Kier alpha value is -5.22. The number of hydroxylamine groups is 1. The third-order valence-electron chi connectivity index (χ3n) is 7.74. The van der Waals surface area contributed by atoms with Gasteiger partial charge in [0.25, 0.3) is 5.91 Å². The molecule has 1 fully saturated rings. The topological polar surface area (TPSA) is 126 Å². The van der Waals surface area contributed by atoms with E-state index in [-0.39, 0.29) is 23.1 Å². The lowest BCUT2D eigenvalue weighted by Crippen LogP contribution is -2.37. The van der Waals surface area contributed by atoms with E-state index in [1.807, 2.05) is 89.8 Å². The van der Waals surface area contributed by atoms with E-state index in [0.29, 0.717) is 37.0 Å². The zero-order valence-corrected chi connectivity index (χ0v) is 22.8. The normalized spacial score (nSPS) is 13.7. The van der Waals surface area contributed by atoms with E-state index in [4.69, 9.17) is 5.21 Å². The molecule has 3 N–H and O–H groups in total. The molecule has 0 saturated carbocycles. The minimum absolute atomic E-state index is 0.0866. The molecule has 212 valence electrons. The van der Waals surface area contributed by atoms with Gasteiger partial charge < -0.3 is 10.0 Å². The highest BCUT2D eigenvalue weighted by atomic mass is 16.5. The largest absolute Gasteiger partial charge is 0.493 e. The quantitative estimate of drug-likeness (QED) is 0.197. The number of carbonyl (C=O) groups is 1. The molecule has 0 aliphatic carbocycles. The van der Waals surface area contributed by atoms with E-state index in [0.717, 1.165) is 29.5 Å². The van der Waals surface area contributed by atoms with Gasteiger partial charge in [-0.25, -0.2) is 24.8 Å². The summed E-state index contributed by atoms with van der Waals surface area (Å²) < 4.78 is 3.07. The summed E-state index contributed by atoms with van der Waals surface area (Å²) in [6.45, 7) is 1.81. The molecule has 5 aromatic rings. The van der Waals surface area contributed by atoms with Crippen LogP contribution in [0.4, 0.5) is 5.95 Å². The second kappa shape index (κ2) is 11.7. The Bertz CT molecular complexity index is 1720. The van der Waals surface area contributed by atoms with Crippen molar-refractivity contribution in [1.29, 1.82) is 0 Å². The summed E-state index contributed by atoms with van der Waals surface area (Å²) in [5.74, 6) is -0.0527. The minimum atomic E-state index is -0.665. The number of hydrogen-bond donors (Lipinski definition) is 3. The summed E-state index contributed by atoms with van der Waals surface area (Å²) in [4.78, 5) is 36.0. The molecule has 0 bridgehead atoms. The minimum Gasteiger partial charge on any atom is -0.493 e. The number of nitrogens with zero attached hydrogens (tertiary/aromatic N) is 5. The molecular formula is C32H30N6O4. The number of amides is 1. The fourth-order valence-corrected chi connectivity index (χ4v) is 5.49. The van der Waals surface area contributed by atoms with E-state index in [1.165, 1.54) is 17.0 Å². The first kappa shape index (κ1) is 27.0. The van der Waals surface area contributed by atoms with Crippen LogP contribution in [0.5, 0.6) is 5.88 Å². The van der Waals surface area contributed by atoms with E-state index >= 15 is 0 Å². The number of aromatic nitrogens is 4. The summed E-state index contributed by atoms with van der Waals surface area (Å²) in [5, 5.41) is 20.3. The summed E-state index contributed by atoms with van der Waals surface area (Å²) in [6, 6.07) is 27.1. The zero-order valence-electron chi connectivity index (χ0n) is 22.8. The van der Waals surface area contributed by atoms with Gasteiger partial charge in [0, 0.05) is 37.6 Å². The highest BCUT2D eigenvalue weighted by Crippen LogP contribution is 2.33. The molecular weight excluding hydrogens is 532 g/mol. The maximum atomic E-state index is 13.9. The standard InChI is InChI=1S/C32H30N6O4/c39-29(35-42)26-19-33-31(34-20-26)36-17-15-22(16-18-36)21-37-28(25-9-5-2-6-10-25)30(40)38(32(37)41)27-13-11-24(12-14-27)23-7-3-1-4-8-23/h1-14,19-20,22,40,42H,15-18,21H2,(H,35,39). The number of anilines is 1. The molecule has 6 rings (SSSR count). The Morgan fingerprint density at radius 1 is 0.833 bits per heavy atom. The summed E-state index contributed by atoms with van der Waals surface area (Å²) in [7, 11) is 0. The Morgan fingerprint density at radius 3 is 2.00 bits per heavy atom. The maximum Gasteiger partial charge on any atom is 0.336 e. The average Bonchev–Trinajstić information content (AvgIpc) is 3.30. The first-order valence-electron chi connectivity index (χ1n) is 13.8. The molecule has 0 unspecified atom stereocenters. The molecule has 0 spiro atoms. The molecule has 1 aliphatic heterocycles. The van der Waals surface area contributed by atoms with Crippen LogP contribution in [0.2, 0.25) is 0 Å². The SMILES string of the molecule is O=C(NO)c1cnc(N2CCC(Cn3c(-c4ccccc4)c(O)n(-c4ccc(-c5ccccc5)cc4)c3=O)CC2)nc1. The van der Waals surface area contributed by atoms with E-state index in [9.17, 15) is 14.7 Å². The monoisotopic (exact) mass is 562 g/mol.